The molecule has 94 valence electrons. The molecule has 0 radical (unpaired) electrons. The van der Waals surface area contributed by atoms with Gasteiger partial charge in [0.15, 0.2) is 0 Å². The van der Waals surface area contributed by atoms with Crippen LogP contribution in [0.15, 0.2) is 40.4 Å². The Morgan fingerprint density at radius 2 is 2.11 bits per heavy atom. The first-order valence-electron chi connectivity index (χ1n) is 5.45. The lowest BCUT2D eigenvalue weighted by Gasteiger charge is -2.19. The number of hydrazone groups is 1. The highest BCUT2D eigenvalue weighted by Gasteiger charge is 2.17. The summed E-state index contributed by atoms with van der Waals surface area (Å²) < 4.78 is 0. The summed E-state index contributed by atoms with van der Waals surface area (Å²) in [7, 11) is 0. The molecule has 18 heavy (non-hydrogen) atoms. The van der Waals surface area contributed by atoms with Crippen LogP contribution in [-0.2, 0) is 0 Å². The van der Waals surface area contributed by atoms with Gasteiger partial charge in [0.05, 0.1) is 11.8 Å². The molecular formula is C11H14N6O. The van der Waals surface area contributed by atoms with Crippen molar-refractivity contribution in [3.63, 3.8) is 0 Å². The monoisotopic (exact) mass is 246 g/mol. The predicted molar refractivity (Wildman–Crippen MR) is 68.9 cm³/mol. The molecule has 0 aromatic heterocycles. The molecule has 1 unspecified atom stereocenters. The van der Waals surface area contributed by atoms with Crippen LogP contribution in [0.4, 0.5) is 4.79 Å². The van der Waals surface area contributed by atoms with Crippen molar-refractivity contribution in [3.05, 3.63) is 35.9 Å². The van der Waals surface area contributed by atoms with Gasteiger partial charge in [-0.1, -0.05) is 30.3 Å². The smallest absolute Gasteiger partial charge is 0.330 e. The van der Waals surface area contributed by atoms with Gasteiger partial charge in [-0.3, -0.25) is 5.43 Å². The van der Waals surface area contributed by atoms with E-state index in [1.807, 2.05) is 37.3 Å². The first kappa shape index (κ1) is 11.9. The number of amides is 2. The number of primary amides is 1. The molecular weight excluding hydrogens is 232 g/mol. The van der Waals surface area contributed by atoms with Gasteiger partial charge in [0.2, 0.25) is 5.96 Å². The maximum atomic E-state index is 10.5. The third-order valence-corrected chi connectivity index (χ3v) is 2.37. The average Bonchev–Trinajstić information content (AvgIpc) is 2.37. The topological polar surface area (TPSA) is 104 Å². The zero-order valence-corrected chi connectivity index (χ0v) is 9.84. The molecule has 0 bridgehead atoms. The molecule has 0 spiro atoms. The quantitative estimate of drug-likeness (QED) is 0.520. The van der Waals surface area contributed by atoms with E-state index >= 15 is 0 Å². The molecule has 1 heterocycles. The molecule has 7 heteroatoms. The van der Waals surface area contributed by atoms with E-state index in [1.54, 1.807) is 0 Å². The number of rotatable bonds is 1. The zero-order chi connectivity index (χ0) is 13.0. The molecule has 1 aromatic rings. The van der Waals surface area contributed by atoms with E-state index in [2.05, 4.69) is 26.4 Å². The van der Waals surface area contributed by atoms with E-state index in [0.29, 0.717) is 5.96 Å². The number of nitrogens with zero attached hydrogens (tertiary/aromatic N) is 2. The minimum absolute atomic E-state index is 0.120. The van der Waals surface area contributed by atoms with Gasteiger partial charge in [-0.25, -0.2) is 20.6 Å². The van der Waals surface area contributed by atoms with E-state index in [1.165, 1.54) is 0 Å². The summed E-state index contributed by atoms with van der Waals surface area (Å²) >= 11 is 0. The fourth-order valence-corrected chi connectivity index (χ4v) is 1.59. The van der Waals surface area contributed by atoms with Crippen molar-refractivity contribution < 1.29 is 4.79 Å². The highest BCUT2D eigenvalue weighted by Crippen LogP contribution is 2.09. The number of carbonyl (C=O) groups is 1. The van der Waals surface area contributed by atoms with Crippen LogP contribution in [0.3, 0.4) is 0 Å². The number of hydrazine groups is 1. The standard InChI is InChI=1S/C11H14N6O/c1-7-9(8-5-3-2-4-6-8)14-16-11(13-7)17-15-10(12)18/h2-7H,1H3,(H3,12,15,18)(H2,13,16,17). The summed E-state index contributed by atoms with van der Waals surface area (Å²) in [6.45, 7) is 1.92. The Hall–Kier alpha value is -2.57. The van der Waals surface area contributed by atoms with Gasteiger partial charge >= 0.3 is 6.03 Å². The lowest BCUT2D eigenvalue weighted by Crippen LogP contribution is -2.51. The summed E-state index contributed by atoms with van der Waals surface area (Å²) in [5.41, 5.74) is 14.2. The minimum atomic E-state index is -0.690. The summed E-state index contributed by atoms with van der Waals surface area (Å²) in [6.07, 6.45) is 0. The SMILES string of the molecule is CC1N=C(NNC(N)=O)NN=C1c1ccccc1. The molecule has 0 fully saturated rings. The summed E-state index contributed by atoms with van der Waals surface area (Å²) in [5.74, 6) is 0.348. The molecule has 5 N–H and O–H groups in total. The van der Waals surface area contributed by atoms with Crippen molar-refractivity contribution in [3.8, 4) is 0 Å². The second kappa shape index (κ2) is 5.17. The second-order valence-electron chi connectivity index (χ2n) is 3.74. The van der Waals surface area contributed by atoms with E-state index in [9.17, 15) is 4.79 Å². The van der Waals surface area contributed by atoms with Crippen LogP contribution in [0, 0.1) is 0 Å². The second-order valence-corrected chi connectivity index (χ2v) is 3.74. The molecule has 1 aromatic carbocycles. The Labute approximate surface area is 104 Å². The van der Waals surface area contributed by atoms with Crippen LogP contribution in [-0.4, -0.2) is 23.7 Å². The van der Waals surface area contributed by atoms with Crippen LogP contribution in [0.1, 0.15) is 12.5 Å². The maximum absolute atomic E-state index is 10.5. The lowest BCUT2D eigenvalue weighted by atomic mass is 10.0. The molecule has 1 aliphatic rings. The first-order chi connectivity index (χ1) is 8.66. The Morgan fingerprint density at radius 3 is 2.72 bits per heavy atom. The number of guanidine groups is 1. The summed E-state index contributed by atoms with van der Waals surface area (Å²) in [4.78, 5) is 14.8. The highest BCUT2D eigenvalue weighted by atomic mass is 16.2. The third-order valence-electron chi connectivity index (χ3n) is 2.37. The average molecular weight is 246 g/mol. The minimum Gasteiger partial charge on any atom is -0.350 e. The number of aliphatic imine (C=N–C) groups is 1. The Kier molecular flexibility index (Phi) is 3.42. The van der Waals surface area contributed by atoms with Crippen LogP contribution in [0.2, 0.25) is 0 Å². The van der Waals surface area contributed by atoms with E-state index in [0.717, 1.165) is 11.3 Å². The van der Waals surface area contributed by atoms with Crippen molar-refractivity contribution in [2.75, 3.05) is 0 Å². The van der Waals surface area contributed by atoms with Crippen LogP contribution in [0.5, 0.6) is 0 Å². The number of hydrogen-bond acceptors (Lipinski definition) is 5. The van der Waals surface area contributed by atoms with E-state index < -0.39 is 6.03 Å². The Morgan fingerprint density at radius 1 is 1.39 bits per heavy atom. The summed E-state index contributed by atoms with van der Waals surface area (Å²) in [5, 5.41) is 4.22. The first-order valence-corrected chi connectivity index (χ1v) is 5.45. The predicted octanol–water partition coefficient (Wildman–Crippen LogP) is -0.0887. The maximum Gasteiger partial charge on any atom is 0.330 e. The van der Waals surface area contributed by atoms with Crippen molar-refractivity contribution in [2.45, 2.75) is 13.0 Å². The highest BCUT2D eigenvalue weighted by molar-refractivity contribution is 6.07. The number of nitrogens with one attached hydrogen (secondary N) is 3. The fraction of sp³-hybridized carbons (Fsp3) is 0.182. The molecule has 1 atom stereocenters. The molecule has 7 nitrogen and oxygen atoms in total. The van der Waals surface area contributed by atoms with Gasteiger partial charge in [-0.2, -0.15) is 5.10 Å². The molecule has 0 saturated carbocycles. The molecule has 0 aliphatic carbocycles. The largest absolute Gasteiger partial charge is 0.350 e. The Balaban J connectivity index is 2.05. The number of nitrogens with two attached hydrogens (primary N) is 1. The third kappa shape index (κ3) is 2.76. The van der Waals surface area contributed by atoms with Gasteiger partial charge in [0.25, 0.3) is 0 Å². The molecule has 2 amide bonds. The van der Waals surface area contributed by atoms with Gasteiger partial charge in [-0.15, -0.1) is 0 Å². The number of carbonyl (C=O) groups excluding carboxylic acids is 1. The normalized spacial score (nSPS) is 18.2. The number of urea groups is 1. The van der Waals surface area contributed by atoms with Gasteiger partial charge in [0.1, 0.15) is 0 Å². The lowest BCUT2D eigenvalue weighted by molar-refractivity contribution is 0.247. The van der Waals surface area contributed by atoms with Crippen molar-refractivity contribution in [1.82, 2.24) is 16.3 Å². The molecule has 2 rings (SSSR count). The van der Waals surface area contributed by atoms with Crippen molar-refractivity contribution >= 4 is 17.7 Å². The zero-order valence-electron chi connectivity index (χ0n) is 9.84. The van der Waals surface area contributed by atoms with Crippen molar-refractivity contribution in [1.29, 1.82) is 0 Å². The van der Waals surface area contributed by atoms with Crippen molar-refractivity contribution in [2.24, 2.45) is 15.8 Å². The number of hydrogen-bond donors (Lipinski definition) is 4. The summed E-state index contributed by atoms with van der Waals surface area (Å²) in [6, 6.07) is 8.95. The van der Waals surface area contributed by atoms with Gasteiger partial charge in [-0.05, 0) is 12.5 Å². The molecule has 0 saturated heterocycles. The van der Waals surface area contributed by atoms with Crippen LogP contribution in [0.25, 0.3) is 0 Å². The van der Waals surface area contributed by atoms with Crippen LogP contribution >= 0.6 is 0 Å². The van der Waals surface area contributed by atoms with Gasteiger partial charge in [0, 0.05) is 0 Å². The Bertz CT molecular complexity index is 496. The van der Waals surface area contributed by atoms with Gasteiger partial charge < -0.3 is 5.73 Å². The van der Waals surface area contributed by atoms with Crippen LogP contribution < -0.4 is 22.0 Å². The fourth-order valence-electron chi connectivity index (χ4n) is 1.59. The van der Waals surface area contributed by atoms with E-state index in [-0.39, 0.29) is 6.04 Å². The van der Waals surface area contributed by atoms with E-state index in [4.69, 9.17) is 5.73 Å². The molecule has 1 aliphatic heterocycles. The number of benzene rings is 1.